The van der Waals surface area contributed by atoms with Gasteiger partial charge in [0.2, 0.25) is 15.9 Å². The van der Waals surface area contributed by atoms with Crippen molar-refractivity contribution in [2.45, 2.75) is 104 Å². The molecule has 1 fully saturated rings. The highest BCUT2D eigenvalue weighted by Gasteiger charge is 2.52. The number of hydrogen-bond donors (Lipinski definition) is 8. The Morgan fingerprint density at radius 1 is 0.488 bits per heavy atom. The van der Waals surface area contributed by atoms with Crippen LogP contribution in [0.4, 0.5) is 9.59 Å². The lowest BCUT2D eigenvalue weighted by Gasteiger charge is -2.32. The number of nitrogens with one attached hydrogen (secondary N) is 2. The number of primary amides is 3. The number of para-hydroxylation sites is 3. The zero-order chi connectivity index (χ0) is 94.7. The summed E-state index contributed by atoms with van der Waals surface area (Å²) in [5.74, 6) is 1.44. The molecule has 0 aliphatic carbocycles. The fraction of sp³-hybridized carbons (Fsp3) is 0.230. The molecule has 0 radical (unpaired) electrons. The molecule has 0 bridgehead atoms. The topological polar surface area (TPSA) is 498 Å². The first-order chi connectivity index (χ1) is 60.8. The SMILES string of the molecule is CC(C)(C)OC(=O)N1CC=C(B2OC(C)(C)C(C)(C)O2)CC1.CC(C)(C)OC(=O)N1CC=C(c2ncc(C(N)=O)c(-c3ccc(Oc4ccccc4)cc3)n2)CC1.NC(=O)c1cnc(Cl)nc1-c1ccc(Oc2ccccc2)cc1.NC(=O)c1cnc(Cl)nc1Cl.O=C(Cl)c1cnc(Cl)nc1Cl.O=C(O)c1c[nH]c(=O)[nH]c1=O.OB(O)c1ccc(Oc2ccccc2)cc1. The third-order valence-corrected chi connectivity index (χ3v) is 19.3. The fourth-order valence-corrected chi connectivity index (χ4v) is 12.0. The van der Waals surface area contributed by atoms with E-state index >= 15 is 0 Å². The molecule has 0 saturated carbocycles. The molecule has 672 valence electrons. The number of halogens is 6. The third kappa shape index (κ3) is 31.8. The molecule has 0 spiro atoms. The van der Waals surface area contributed by atoms with E-state index in [4.69, 9.17) is 135 Å². The van der Waals surface area contributed by atoms with E-state index in [-0.39, 0.29) is 78.9 Å². The van der Waals surface area contributed by atoms with Crippen molar-refractivity contribution in [2.24, 2.45) is 17.2 Å². The Kier molecular flexibility index (Phi) is 36.7. The number of nitrogens with two attached hydrogens (primary N) is 3. The van der Waals surface area contributed by atoms with Crippen LogP contribution in [0.2, 0.25) is 26.2 Å². The Morgan fingerprint density at radius 3 is 1.22 bits per heavy atom. The maximum absolute atomic E-state index is 12.3. The molecule has 0 atom stereocenters. The van der Waals surface area contributed by atoms with Gasteiger partial charge in [-0.05, 0) is 242 Å². The average molecular weight is 1880 g/mol. The number of carbonyl (C=O) groups is 7. The molecule has 5 aromatic heterocycles. The number of aromatic amines is 2. The number of H-pyrrole nitrogens is 2. The summed E-state index contributed by atoms with van der Waals surface area (Å²) in [6.07, 6.45) is 10.6. The lowest BCUT2D eigenvalue weighted by atomic mass is 9.75. The quantitative estimate of drug-likeness (QED) is 0.0193. The van der Waals surface area contributed by atoms with Gasteiger partial charge in [0, 0.05) is 68.3 Å². The minimum absolute atomic E-state index is 0.0139. The molecule has 129 heavy (non-hydrogen) atoms. The van der Waals surface area contributed by atoms with Crippen molar-refractivity contribution in [1.29, 1.82) is 0 Å². The summed E-state index contributed by atoms with van der Waals surface area (Å²) in [7, 11) is -1.75. The van der Waals surface area contributed by atoms with Gasteiger partial charge in [0.25, 0.3) is 28.5 Å². The largest absolute Gasteiger partial charge is 0.490 e. The van der Waals surface area contributed by atoms with Gasteiger partial charge in [0.05, 0.1) is 44.8 Å². The van der Waals surface area contributed by atoms with E-state index in [1.54, 1.807) is 63.3 Å². The van der Waals surface area contributed by atoms with Crippen molar-refractivity contribution >= 4 is 136 Å². The van der Waals surface area contributed by atoms with E-state index in [0.29, 0.717) is 78.1 Å². The van der Waals surface area contributed by atoms with E-state index < -0.39 is 64.1 Å². The van der Waals surface area contributed by atoms with E-state index in [1.807, 2.05) is 202 Å². The van der Waals surface area contributed by atoms with Crippen LogP contribution in [-0.2, 0) is 18.8 Å². The van der Waals surface area contributed by atoms with Crippen LogP contribution in [0.1, 0.15) is 140 Å². The van der Waals surface area contributed by atoms with Gasteiger partial charge in [-0.25, -0.2) is 59.0 Å². The normalized spacial score (nSPS) is 13.4. The Morgan fingerprint density at radius 2 is 0.860 bits per heavy atom. The first-order valence-corrected chi connectivity index (χ1v) is 41.1. The summed E-state index contributed by atoms with van der Waals surface area (Å²) < 4.78 is 40.1. The lowest BCUT2D eigenvalue weighted by Crippen LogP contribution is -2.41. The molecular weight excluding hydrogens is 1790 g/mol. The number of aromatic carboxylic acids is 1. The van der Waals surface area contributed by atoms with E-state index in [9.17, 15) is 43.2 Å². The second kappa shape index (κ2) is 46.6. The molecule has 6 aromatic carbocycles. The van der Waals surface area contributed by atoms with Crippen LogP contribution in [0, 0.1) is 0 Å². The minimum Gasteiger partial charge on any atom is -0.477 e. The number of rotatable bonds is 16. The standard InChI is InChI=1S/C27H28N4O4.C17H12ClN3O2.C16H28BNO4.C12H11BO3.C5HCl3N2O.C5H3Cl2N3O.C5H4N2O4/c1-27(2,3)35-26(33)31-15-13-19(14-16-31)25-29-17-22(24(28)32)23(30-25)18-9-11-21(12-10-18)34-20-7-5-4-6-8-20;18-17-20-10-14(16(19)22)15(21-17)11-6-8-13(9-7-11)23-12-4-2-1-3-5-12;1-14(2,3)20-13(19)18-10-8-12(9-11-18)17-21-15(4,5)16(6,7)22-17;14-13(15)10-6-8-12(9-7-10)16-11-4-2-1-3-5-11;6-3-2(4(7)11)1-9-5(8)10-3;6-3-2(4(8)11)1-9-5(7)10-3;8-3-2(4(9)10)1-6-5(11)7-3/h4-13,17H,14-16H2,1-3H3,(H2,28,32);1-10H,(H2,19,22);8H,9-11H2,1-7H3;1-9,14-15H;1H;1H,(H2,8,11);1H,(H,9,10)(H2,6,7,8,11). The Labute approximate surface area is 770 Å². The highest BCUT2D eigenvalue weighted by atomic mass is 35.5. The molecule has 3 aliphatic rings. The van der Waals surface area contributed by atoms with Crippen LogP contribution in [0.3, 0.4) is 0 Å². The minimum atomic E-state index is -1.44. The molecule has 34 nitrogen and oxygen atoms in total. The molecule has 11 aromatic rings. The first-order valence-electron chi connectivity index (χ1n) is 38.8. The number of nitrogens with zero attached hydrogens (tertiary/aromatic N) is 10. The Balaban J connectivity index is 0.000000194. The number of carbonyl (C=O) groups excluding carboxylic acids is 6. The van der Waals surface area contributed by atoms with Crippen LogP contribution in [0.5, 0.6) is 34.5 Å². The molecule has 42 heteroatoms. The van der Waals surface area contributed by atoms with Crippen molar-refractivity contribution in [3.8, 4) is 57.0 Å². The highest BCUT2D eigenvalue weighted by Crippen LogP contribution is 2.40. The van der Waals surface area contributed by atoms with Gasteiger partial charge in [-0.15, -0.1) is 0 Å². The molecular formula is C87H87B2Cl6N15O19. The smallest absolute Gasteiger partial charge is 0.477 e. The zero-order valence-corrected chi connectivity index (χ0v) is 75.4. The number of amides is 5. The van der Waals surface area contributed by atoms with Gasteiger partial charge < -0.3 is 80.1 Å². The molecule has 11 N–H and O–H groups in total. The van der Waals surface area contributed by atoms with Gasteiger partial charge in [0.15, 0.2) is 5.82 Å². The van der Waals surface area contributed by atoms with Gasteiger partial charge in [0.1, 0.15) is 61.6 Å². The zero-order valence-electron chi connectivity index (χ0n) is 70.9. The predicted molar refractivity (Wildman–Crippen MR) is 487 cm³/mol. The fourth-order valence-electron chi connectivity index (χ4n) is 10.9. The number of ether oxygens (including phenoxy) is 5. The number of benzene rings is 6. The summed E-state index contributed by atoms with van der Waals surface area (Å²) in [6.45, 7) is 21.4. The average Bonchev–Trinajstić information content (AvgIpc) is 1.62. The maximum atomic E-state index is 12.3. The van der Waals surface area contributed by atoms with Crippen molar-refractivity contribution < 1.29 is 81.7 Å². The molecule has 0 unspecified atom stereocenters. The number of carboxylic acid groups (broad SMARTS) is 1. The van der Waals surface area contributed by atoms with Gasteiger partial charge in [-0.1, -0.05) is 102 Å². The van der Waals surface area contributed by atoms with Crippen LogP contribution < -0.4 is 48.1 Å². The lowest BCUT2D eigenvalue weighted by molar-refractivity contribution is 0.00578. The summed E-state index contributed by atoms with van der Waals surface area (Å²) in [4.78, 5) is 138. The molecule has 5 amide bonds. The van der Waals surface area contributed by atoms with Crippen LogP contribution >= 0.6 is 69.6 Å². The van der Waals surface area contributed by atoms with E-state index in [1.165, 1.54) is 24.8 Å². The molecule has 14 rings (SSSR count). The first kappa shape index (κ1) is 101. The predicted octanol–water partition coefficient (Wildman–Crippen LogP) is 14.9. The monoisotopic (exact) mass is 1880 g/mol. The Hall–Kier alpha value is -13.0. The van der Waals surface area contributed by atoms with Crippen molar-refractivity contribution in [3.63, 3.8) is 0 Å². The summed E-state index contributed by atoms with van der Waals surface area (Å²) in [6, 6.07) is 49.3. The number of carboxylic acids is 1. The van der Waals surface area contributed by atoms with Crippen LogP contribution in [-0.4, -0.2) is 179 Å². The highest BCUT2D eigenvalue weighted by molar-refractivity contribution is 6.68. The van der Waals surface area contributed by atoms with Gasteiger partial charge in [-0.3, -0.25) is 29.0 Å². The summed E-state index contributed by atoms with van der Waals surface area (Å²) in [5.41, 5.74) is 17.3. The second-order valence-electron chi connectivity index (χ2n) is 30.4. The Bertz CT molecular complexity index is 5870. The molecule has 3 aliphatic heterocycles. The van der Waals surface area contributed by atoms with Crippen molar-refractivity contribution in [3.05, 3.63) is 293 Å². The van der Waals surface area contributed by atoms with Gasteiger partial charge >= 0.3 is 38.1 Å². The second-order valence-corrected chi connectivity index (χ2v) is 32.5. The third-order valence-electron chi connectivity index (χ3n) is 18.0. The van der Waals surface area contributed by atoms with Crippen LogP contribution in [0.15, 0.2) is 222 Å². The van der Waals surface area contributed by atoms with E-state index in [2.05, 4.69) is 39.9 Å². The van der Waals surface area contributed by atoms with Gasteiger partial charge in [-0.2, -0.15) is 0 Å². The van der Waals surface area contributed by atoms with Crippen LogP contribution in [0.25, 0.3) is 28.1 Å². The number of aromatic nitrogens is 10. The summed E-state index contributed by atoms with van der Waals surface area (Å²) >= 11 is 32.6. The van der Waals surface area contributed by atoms with E-state index in [0.717, 1.165) is 46.5 Å². The number of hydrogen-bond acceptors (Lipinski definition) is 26. The van der Waals surface area contributed by atoms with Crippen molar-refractivity contribution in [2.75, 3.05) is 26.2 Å². The maximum Gasteiger partial charge on any atom is 0.490 e. The molecule has 8 heterocycles. The van der Waals surface area contributed by atoms with Crippen molar-refractivity contribution in [1.82, 2.24) is 59.6 Å². The molecule has 1 saturated heterocycles. The summed E-state index contributed by atoms with van der Waals surface area (Å²) in [5, 5.41) is 25.4.